The maximum absolute atomic E-state index is 12.2. The van der Waals surface area contributed by atoms with E-state index >= 15 is 0 Å². The molecular formula is C16H14F2O2. The van der Waals surface area contributed by atoms with E-state index in [2.05, 4.69) is 0 Å². The molecule has 0 aromatic heterocycles. The Kier molecular flexibility index (Phi) is 4.45. The molecule has 0 saturated heterocycles. The number of carbonyl (C=O) groups is 1. The van der Waals surface area contributed by atoms with Gasteiger partial charge in [0.2, 0.25) is 0 Å². The molecule has 0 unspecified atom stereocenters. The van der Waals surface area contributed by atoms with Crippen molar-refractivity contribution in [2.45, 2.75) is 13.3 Å². The van der Waals surface area contributed by atoms with Gasteiger partial charge < -0.3 is 4.74 Å². The van der Waals surface area contributed by atoms with Crippen LogP contribution < -0.4 is 4.74 Å². The number of hydrogen-bond acceptors (Lipinski definition) is 2. The van der Waals surface area contributed by atoms with E-state index in [0.717, 1.165) is 16.7 Å². The first kappa shape index (κ1) is 14.2. The summed E-state index contributed by atoms with van der Waals surface area (Å²) < 4.78 is 29.5. The Labute approximate surface area is 116 Å². The molecule has 0 saturated carbocycles. The van der Waals surface area contributed by atoms with Gasteiger partial charge >= 0.3 is 0 Å². The number of ether oxygens (including phenoxy) is 1. The smallest absolute Gasteiger partial charge is 0.272 e. The lowest BCUT2D eigenvalue weighted by Crippen LogP contribution is -2.08. The Bertz CT molecular complexity index is 609. The molecule has 0 N–H and O–H groups in total. The van der Waals surface area contributed by atoms with Crippen LogP contribution >= 0.6 is 0 Å². The van der Waals surface area contributed by atoms with Gasteiger partial charge in [0.25, 0.3) is 6.43 Å². The Morgan fingerprint density at radius 3 is 2.60 bits per heavy atom. The zero-order valence-electron chi connectivity index (χ0n) is 11.0. The third kappa shape index (κ3) is 3.20. The molecule has 4 heteroatoms. The van der Waals surface area contributed by atoms with E-state index in [9.17, 15) is 13.6 Å². The Morgan fingerprint density at radius 2 is 1.95 bits per heavy atom. The van der Waals surface area contributed by atoms with Gasteiger partial charge in [0.1, 0.15) is 12.4 Å². The van der Waals surface area contributed by atoms with Crippen molar-refractivity contribution in [3.8, 4) is 16.9 Å². The van der Waals surface area contributed by atoms with Gasteiger partial charge in [-0.3, -0.25) is 4.79 Å². The maximum Gasteiger partial charge on any atom is 0.272 e. The number of rotatable bonds is 5. The summed E-state index contributed by atoms with van der Waals surface area (Å²) in [5, 5.41) is 0. The summed E-state index contributed by atoms with van der Waals surface area (Å²) in [5.41, 5.74) is 3.14. The predicted octanol–water partition coefficient (Wildman–Crippen LogP) is 4.12. The lowest BCUT2D eigenvalue weighted by Gasteiger charge is -2.11. The molecular weight excluding hydrogens is 262 g/mol. The standard InChI is InChI=1S/C16H14F2O2/c1-11-4-2-3-5-14(11)12-6-7-13(9-19)15(8-12)20-10-16(17)18/h2-9,16H,10H2,1H3. The molecule has 0 radical (unpaired) electrons. The average Bonchev–Trinajstić information content (AvgIpc) is 2.45. The molecule has 0 fully saturated rings. The molecule has 2 nitrogen and oxygen atoms in total. The van der Waals surface area contributed by atoms with E-state index in [1.807, 2.05) is 31.2 Å². The number of aryl methyl sites for hydroxylation is 1. The minimum Gasteiger partial charge on any atom is -0.487 e. The van der Waals surface area contributed by atoms with Gasteiger partial charge in [-0.15, -0.1) is 0 Å². The zero-order valence-corrected chi connectivity index (χ0v) is 11.0. The third-order valence-electron chi connectivity index (χ3n) is 2.96. The quantitative estimate of drug-likeness (QED) is 0.768. The zero-order chi connectivity index (χ0) is 14.5. The van der Waals surface area contributed by atoms with Gasteiger partial charge in [0, 0.05) is 0 Å². The molecule has 2 rings (SSSR count). The summed E-state index contributed by atoms with van der Waals surface area (Å²) in [5.74, 6) is 0.182. The third-order valence-corrected chi connectivity index (χ3v) is 2.96. The number of aldehydes is 1. The van der Waals surface area contributed by atoms with E-state index in [1.54, 1.807) is 18.2 Å². The van der Waals surface area contributed by atoms with Crippen molar-refractivity contribution in [3.05, 3.63) is 53.6 Å². The summed E-state index contributed by atoms with van der Waals surface area (Å²) >= 11 is 0. The molecule has 0 amide bonds. The SMILES string of the molecule is Cc1ccccc1-c1ccc(C=O)c(OCC(F)F)c1. The van der Waals surface area contributed by atoms with Gasteiger partial charge in [-0.2, -0.15) is 0 Å². The first-order valence-corrected chi connectivity index (χ1v) is 6.18. The van der Waals surface area contributed by atoms with E-state index in [-0.39, 0.29) is 11.3 Å². The minimum atomic E-state index is -2.57. The lowest BCUT2D eigenvalue weighted by molar-refractivity contribution is 0.0809. The van der Waals surface area contributed by atoms with Gasteiger partial charge in [-0.25, -0.2) is 8.78 Å². The first-order valence-electron chi connectivity index (χ1n) is 6.18. The van der Waals surface area contributed by atoms with E-state index < -0.39 is 13.0 Å². The van der Waals surface area contributed by atoms with Gasteiger partial charge in [0.05, 0.1) is 5.56 Å². The molecule has 0 atom stereocenters. The van der Waals surface area contributed by atoms with Crippen LogP contribution in [-0.4, -0.2) is 19.3 Å². The molecule has 104 valence electrons. The van der Waals surface area contributed by atoms with Crippen molar-refractivity contribution in [2.24, 2.45) is 0 Å². The highest BCUT2D eigenvalue weighted by Crippen LogP contribution is 2.29. The molecule has 0 spiro atoms. The minimum absolute atomic E-state index is 0.182. The van der Waals surface area contributed by atoms with Crippen molar-refractivity contribution in [3.63, 3.8) is 0 Å². The second kappa shape index (κ2) is 6.28. The number of alkyl halides is 2. The van der Waals surface area contributed by atoms with Crippen LogP contribution in [0.4, 0.5) is 8.78 Å². The summed E-state index contributed by atoms with van der Waals surface area (Å²) in [4.78, 5) is 10.9. The largest absolute Gasteiger partial charge is 0.487 e. The molecule has 20 heavy (non-hydrogen) atoms. The highest BCUT2D eigenvalue weighted by molar-refractivity contribution is 5.82. The van der Waals surface area contributed by atoms with Crippen LogP contribution in [0, 0.1) is 6.92 Å². The van der Waals surface area contributed by atoms with Gasteiger partial charge in [0.15, 0.2) is 6.29 Å². The summed E-state index contributed by atoms with van der Waals surface area (Å²) in [7, 11) is 0. The Morgan fingerprint density at radius 1 is 1.20 bits per heavy atom. The topological polar surface area (TPSA) is 26.3 Å². The van der Waals surface area contributed by atoms with Crippen molar-refractivity contribution in [2.75, 3.05) is 6.61 Å². The highest BCUT2D eigenvalue weighted by atomic mass is 19.3. The van der Waals surface area contributed by atoms with Crippen LogP contribution in [0.15, 0.2) is 42.5 Å². The summed E-state index contributed by atoms with van der Waals surface area (Å²) in [6.45, 7) is 1.24. The Balaban J connectivity index is 2.39. The number of carbonyl (C=O) groups excluding carboxylic acids is 1. The fourth-order valence-electron chi connectivity index (χ4n) is 1.97. The van der Waals surface area contributed by atoms with Crippen LogP contribution in [0.25, 0.3) is 11.1 Å². The van der Waals surface area contributed by atoms with Crippen LogP contribution in [0.5, 0.6) is 5.75 Å². The lowest BCUT2D eigenvalue weighted by atomic mass is 9.99. The number of benzene rings is 2. The summed E-state index contributed by atoms with van der Waals surface area (Å²) in [6.07, 6.45) is -1.97. The van der Waals surface area contributed by atoms with Gasteiger partial charge in [-0.1, -0.05) is 30.3 Å². The van der Waals surface area contributed by atoms with E-state index in [1.165, 1.54) is 0 Å². The van der Waals surface area contributed by atoms with Crippen LogP contribution in [0.3, 0.4) is 0 Å². The number of hydrogen-bond donors (Lipinski definition) is 0. The van der Waals surface area contributed by atoms with Crippen molar-refractivity contribution >= 4 is 6.29 Å². The average molecular weight is 276 g/mol. The molecule has 2 aromatic rings. The van der Waals surface area contributed by atoms with Crippen LogP contribution in [-0.2, 0) is 0 Å². The van der Waals surface area contributed by atoms with Crippen LogP contribution in [0.1, 0.15) is 15.9 Å². The Hall–Kier alpha value is -2.23. The fourth-order valence-corrected chi connectivity index (χ4v) is 1.97. The molecule has 0 aliphatic heterocycles. The summed E-state index contributed by atoms with van der Waals surface area (Å²) in [6, 6.07) is 12.7. The maximum atomic E-state index is 12.2. The predicted molar refractivity (Wildman–Crippen MR) is 73.5 cm³/mol. The van der Waals surface area contributed by atoms with Crippen molar-refractivity contribution < 1.29 is 18.3 Å². The fraction of sp³-hybridized carbons (Fsp3) is 0.188. The molecule has 0 bridgehead atoms. The van der Waals surface area contributed by atoms with Crippen LogP contribution in [0.2, 0.25) is 0 Å². The second-order valence-corrected chi connectivity index (χ2v) is 4.39. The normalized spacial score (nSPS) is 10.6. The molecule has 0 heterocycles. The van der Waals surface area contributed by atoms with Crippen molar-refractivity contribution in [1.29, 1.82) is 0 Å². The number of halogens is 2. The molecule has 2 aromatic carbocycles. The monoisotopic (exact) mass is 276 g/mol. The molecule has 0 aliphatic rings. The van der Waals surface area contributed by atoms with Gasteiger partial charge in [-0.05, 0) is 35.7 Å². The molecule has 0 aliphatic carbocycles. The second-order valence-electron chi connectivity index (χ2n) is 4.39. The van der Waals surface area contributed by atoms with Crippen molar-refractivity contribution in [1.82, 2.24) is 0 Å². The first-order chi connectivity index (χ1) is 9.61. The van der Waals surface area contributed by atoms with E-state index in [4.69, 9.17) is 4.74 Å². The van der Waals surface area contributed by atoms with E-state index in [0.29, 0.717) is 6.29 Å². The highest BCUT2D eigenvalue weighted by Gasteiger charge is 2.10.